The van der Waals surface area contributed by atoms with Gasteiger partial charge in [-0.3, -0.25) is 4.79 Å². The Bertz CT molecular complexity index is 768. The largest absolute Gasteiger partial charge is 0.337 e. The zero-order valence-corrected chi connectivity index (χ0v) is 15.2. The van der Waals surface area contributed by atoms with E-state index >= 15 is 0 Å². The Labute approximate surface area is 147 Å². The number of aryl methyl sites for hydroxylation is 1. The Hall–Kier alpha value is -2.21. The topological polar surface area (TPSA) is 50.2 Å². The molecule has 6 heteroatoms. The second-order valence-electron chi connectivity index (χ2n) is 6.78. The van der Waals surface area contributed by atoms with E-state index in [4.69, 9.17) is 0 Å². The zero-order valence-electron chi connectivity index (χ0n) is 15.2. The quantitative estimate of drug-likeness (QED) is 0.930. The molecule has 1 aromatic heterocycles. The van der Waals surface area contributed by atoms with Gasteiger partial charge in [0.15, 0.2) is 0 Å². The Kier molecular flexibility index (Phi) is 4.90. The van der Waals surface area contributed by atoms with Gasteiger partial charge in [0, 0.05) is 36.4 Å². The number of aromatic nitrogens is 2. The number of benzene rings is 1. The average molecular weight is 344 g/mol. The van der Waals surface area contributed by atoms with Crippen LogP contribution in [0.3, 0.4) is 0 Å². The standard InChI is InChI=1S/C19H25FN4O/c1-12-14(3)23(10-9-21-12)19(25)11-18-13(2)22-24(15(18)4)17-7-5-16(20)6-8-17/h5-8,12,14,21H,9-11H2,1-4H3. The van der Waals surface area contributed by atoms with Gasteiger partial charge in [0.2, 0.25) is 5.91 Å². The lowest BCUT2D eigenvalue weighted by Crippen LogP contribution is -2.57. The summed E-state index contributed by atoms with van der Waals surface area (Å²) in [6, 6.07) is 6.69. The van der Waals surface area contributed by atoms with Crippen LogP contribution in [0.4, 0.5) is 4.39 Å². The highest BCUT2D eigenvalue weighted by Gasteiger charge is 2.29. The summed E-state index contributed by atoms with van der Waals surface area (Å²) >= 11 is 0. The predicted octanol–water partition coefficient (Wildman–Crippen LogP) is 2.38. The summed E-state index contributed by atoms with van der Waals surface area (Å²) < 4.78 is 14.9. The Morgan fingerprint density at radius 1 is 1.28 bits per heavy atom. The molecule has 2 atom stereocenters. The number of nitrogens with one attached hydrogen (secondary N) is 1. The van der Waals surface area contributed by atoms with Crippen molar-refractivity contribution in [3.8, 4) is 5.69 Å². The van der Waals surface area contributed by atoms with Gasteiger partial charge < -0.3 is 10.2 Å². The smallest absolute Gasteiger partial charge is 0.227 e. The van der Waals surface area contributed by atoms with Crippen LogP contribution in [0.25, 0.3) is 5.69 Å². The molecule has 3 rings (SSSR count). The van der Waals surface area contributed by atoms with Gasteiger partial charge in [-0.25, -0.2) is 9.07 Å². The molecule has 0 saturated carbocycles. The van der Waals surface area contributed by atoms with Crippen LogP contribution >= 0.6 is 0 Å². The minimum Gasteiger partial charge on any atom is -0.337 e. The van der Waals surface area contributed by atoms with E-state index in [9.17, 15) is 9.18 Å². The van der Waals surface area contributed by atoms with Gasteiger partial charge in [0.05, 0.1) is 17.8 Å². The number of hydrogen-bond donors (Lipinski definition) is 1. The predicted molar refractivity (Wildman–Crippen MR) is 95.3 cm³/mol. The summed E-state index contributed by atoms with van der Waals surface area (Å²) in [6.45, 7) is 9.61. The summed E-state index contributed by atoms with van der Waals surface area (Å²) in [7, 11) is 0. The molecule has 1 aliphatic rings. The fourth-order valence-corrected chi connectivity index (χ4v) is 3.43. The van der Waals surface area contributed by atoms with E-state index in [-0.39, 0.29) is 17.8 Å². The second kappa shape index (κ2) is 6.96. The van der Waals surface area contributed by atoms with Crippen molar-refractivity contribution in [2.24, 2.45) is 0 Å². The number of hydrogen-bond acceptors (Lipinski definition) is 3. The zero-order chi connectivity index (χ0) is 18.1. The minimum absolute atomic E-state index is 0.130. The number of piperazine rings is 1. The molecule has 0 spiro atoms. The van der Waals surface area contributed by atoms with Crippen molar-refractivity contribution in [3.05, 3.63) is 47.0 Å². The van der Waals surface area contributed by atoms with Crippen molar-refractivity contribution >= 4 is 5.91 Å². The fraction of sp³-hybridized carbons (Fsp3) is 0.474. The molecule has 1 saturated heterocycles. The van der Waals surface area contributed by atoms with Crippen LogP contribution in [-0.2, 0) is 11.2 Å². The van der Waals surface area contributed by atoms with Crippen molar-refractivity contribution < 1.29 is 9.18 Å². The highest BCUT2D eigenvalue weighted by molar-refractivity contribution is 5.80. The second-order valence-corrected chi connectivity index (χ2v) is 6.78. The highest BCUT2D eigenvalue weighted by Crippen LogP contribution is 2.20. The molecule has 0 radical (unpaired) electrons. The summed E-state index contributed by atoms with van der Waals surface area (Å²) in [5, 5.41) is 7.95. The highest BCUT2D eigenvalue weighted by atomic mass is 19.1. The molecular formula is C19H25FN4O. The van der Waals surface area contributed by atoms with E-state index in [1.165, 1.54) is 12.1 Å². The monoisotopic (exact) mass is 344 g/mol. The van der Waals surface area contributed by atoms with Crippen molar-refractivity contribution in [1.29, 1.82) is 0 Å². The van der Waals surface area contributed by atoms with Gasteiger partial charge in [-0.2, -0.15) is 5.10 Å². The minimum atomic E-state index is -0.275. The summed E-state index contributed by atoms with van der Waals surface area (Å²) in [5.74, 6) is -0.145. The summed E-state index contributed by atoms with van der Waals surface area (Å²) in [5.41, 5.74) is 3.51. The van der Waals surface area contributed by atoms with Gasteiger partial charge in [-0.1, -0.05) is 0 Å². The number of amides is 1. The third kappa shape index (κ3) is 3.44. The molecule has 1 amide bonds. The molecule has 0 aliphatic carbocycles. The molecule has 1 aliphatic heterocycles. The molecule has 0 bridgehead atoms. The first-order chi connectivity index (χ1) is 11.9. The van der Waals surface area contributed by atoms with Crippen molar-refractivity contribution in [3.63, 3.8) is 0 Å². The maximum atomic E-state index is 13.1. The lowest BCUT2D eigenvalue weighted by molar-refractivity contribution is -0.134. The first-order valence-corrected chi connectivity index (χ1v) is 8.72. The molecule has 1 N–H and O–H groups in total. The van der Waals surface area contributed by atoms with E-state index in [0.29, 0.717) is 12.5 Å². The molecular weight excluding hydrogens is 319 g/mol. The number of carbonyl (C=O) groups excluding carboxylic acids is 1. The number of halogens is 1. The molecule has 1 aromatic carbocycles. The maximum Gasteiger partial charge on any atom is 0.227 e. The van der Waals surface area contributed by atoms with Crippen LogP contribution in [0.2, 0.25) is 0 Å². The number of rotatable bonds is 3. The van der Waals surface area contributed by atoms with Crippen LogP contribution in [0.1, 0.15) is 30.8 Å². The molecule has 2 unspecified atom stereocenters. The van der Waals surface area contributed by atoms with Gasteiger partial charge in [-0.15, -0.1) is 0 Å². The number of nitrogens with zero attached hydrogens (tertiary/aromatic N) is 3. The molecule has 1 fully saturated rings. The van der Waals surface area contributed by atoms with Crippen LogP contribution in [0.15, 0.2) is 24.3 Å². The third-order valence-corrected chi connectivity index (χ3v) is 5.19. The summed E-state index contributed by atoms with van der Waals surface area (Å²) in [6.07, 6.45) is 0.343. The van der Waals surface area contributed by atoms with Crippen LogP contribution < -0.4 is 5.32 Å². The molecule has 2 aromatic rings. The number of carbonyl (C=O) groups is 1. The first-order valence-electron chi connectivity index (χ1n) is 8.72. The molecule has 25 heavy (non-hydrogen) atoms. The van der Waals surface area contributed by atoms with E-state index in [2.05, 4.69) is 24.3 Å². The lowest BCUT2D eigenvalue weighted by Gasteiger charge is -2.38. The van der Waals surface area contributed by atoms with E-state index in [0.717, 1.165) is 35.7 Å². The normalized spacial score (nSPS) is 20.8. The van der Waals surface area contributed by atoms with Gasteiger partial charge in [0.25, 0.3) is 0 Å². The summed E-state index contributed by atoms with van der Waals surface area (Å²) in [4.78, 5) is 14.8. The average Bonchev–Trinajstić information content (AvgIpc) is 2.86. The maximum absolute atomic E-state index is 13.1. The lowest BCUT2D eigenvalue weighted by atomic mass is 10.0. The van der Waals surface area contributed by atoms with E-state index < -0.39 is 0 Å². The van der Waals surface area contributed by atoms with Crippen LogP contribution in [-0.4, -0.2) is 45.8 Å². The van der Waals surface area contributed by atoms with Gasteiger partial charge >= 0.3 is 0 Å². The van der Waals surface area contributed by atoms with Crippen molar-refractivity contribution in [1.82, 2.24) is 20.0 Å². The van der Waals surface area contributed by atoms with E-state index in [1.54, 1.807) is 16.8 Å². The van der Waals surface area contributed by atoms with Crippen molar-refractivity contribution in [2.75, 3.05) is 13.1 Å². The van der Waals surface area contributed by atoms with Crippen molar-refractivity contribution in [2.45, 2.75) is 46.2 Å². The van der Waals surface area contributed by atoms with E-state index in [1.807, 2.05) is 18.7 Å². The van der Waals surface area contributed by atoms with Crippen LogP contribution in [0.5, 0.6) is 0 Å². The van der Waals surface area contributed by atoms with Gasteiger partial charge in [-0.05, 0) is 52.0 Å². The Balaban J connectivity index is 1.83. The Morgan fingerprint density at radius 3 is 2.64 bits per heavy atom. The third-order valence-electron chi connectivity index (χ3n) is 5.19. The molecule has 2 heterocycles. The molecule has 5 nitrogen and oxygen atoms in total. The van der Waals surface area contributed by atoms with Crippen LogP contribution in [0, 0.1) is 19.7 Å². The fourth-order valence-electron chi connectivity index (χ4n) is 3.43. The molecule has 134 valence electrons. The SMILES string of the molecule is Cc1nn(-c2ccc(F)cc2)c(C)c1CC(=O)N1CCNC(C)C1C. The first kappa shape index (κ1) is 17.6. The Morgan fingerprint density at radius 2 is 1.96 bits per heavy atom. The van der Waals surface area contributed by atoms with Gasteiger partial charge in [0.1, 0.15) is 5.82 Å².